The molecule has 1 aromatic heterocycles. The highest BCUT2D eigenvalue weighted by molar-refractivity contribution is 7.89. The molecule has 1 aromatic carbocycles. The van der Waals surface area contributed by atoms with E-state index in [2.05, 4.69) is 4.98 Å². The maximum absolute atomic E-state index is 14.1. The third-order valence-electron chi connectivity index (χ3n) is 7.46. The summed E-state index contributed by atoms with van der Waals surface area (Å²) in [6.45, 7) is 0.736. The van der Waals surface area contributed by atoms with Crippen LogP contribution >= 0.6 is 0 Å². The fraction of sp³-hybridized carbons (Fsp3) is 0.583. The molecule has 0 unspecified atom stereocenters. The Balaban J connectivity index is 1.50. The third-order valence-corrected chi connectivity index (χ3v) is 9.24. The second kappa shape index (κ2) is 10.1. The van der Waals surface area contributed by atoms with E-state index >= 15 is 0 Å². The molecule has 2 aliphatic rings. The molecular weight excluding hydrogens is 519 g/mol. The summed E-state index contributed by atoms with van der Waals surface area (Å²) < 4.78 is 97.0. The predicted molar refractivity (Wildman–Crippen MR) is 125 cm³/mol. The van der Waals surface area contributed by atoms with Gasteiger partial charge in [-0.05, 0) is 25.3 Å². The lowest BCUT2D eigenvalue weighted by atomic mass is 9.74. The Morgan fingerprint density at radius 1 is 1.03 bits per heavy atom. The lowest BCUT2D eigenvalue weighted by Crippen LogP contribution is -2.59. The average molecular weight is 549 g/mol. The number of nitrogens with zero attached hydrogens (tertiary/aromatic N) is 4. The number of sulfonamides is 1. The van der Waals surface area contributed by atoms with Crippen molar-refractivity contribution in [2.75, 3.05) is 26.2 Å². The molecule has 1 saturated carbocycles. The fourth-order valence-corrected chi connectivity index (χ4v) is 6.71. The maximum atomic E-state index is 14.1. The first-order valence-corrected chi connectivity index (χ1v) is 13.5. The van der Waals surface area contributed by atoms with E-state index in [4.69, 9.17) is 0 Å². The maximum Gasteiger partial charge on any atom is 0.417 e. The van der Waals surface area contributed by atoms with Gasteiger partial charge in [-0.2, -0.15) is 17.5 Å². The number of hydrogen-bond donors (Lipinski definition) is 0. The second-order valence-corrected chi connectivity index (χ2v) is 11.7. The number of aromatic nitrogens is 2. The number of carbonyl (C=O) groups excluding carboxylic acids is 1. The molecule has 0 spiro atoms. The summed E-state index contributed by atoms with van der Waals surface area (Å²) in [5.41, 5.74) is -2.28. The van der Waals surface area contributed by atoms with Crippen molar-refractivity contribution < 1.29 is 35.2 Å². The van der Waals surface area contributed by atoms with Crippen molar-refractivity contribution >= 4 is 15.8 Å². The van der Waals surface area contributed by atoms with Crippen molar-refractivity contribution in [3.05, 3.63) is 47.9 Å². The molecule has 0 N–H and O–H groups in total. The van der Waals surface area contributed by atoms with Gasteiger partial charge in [0.25, 0.3) is 10.0 Å². The van der Waals surface area contributed by atoms with Crippen LogP contribution in [-0.2, 0) is 23.2 Å². The summed E-state index contributed by atoms with van der Waals surface area (Å²) in [4.78, 5) is 18.7. The van der Waals surface area contributed by atoms with Crippen LogP contribution in [0.1, 0.15) is 54.4 Å². The average Bonchev–Trinajstić information content (AvgIpc) is 3.30. The molecule has 0 amide bonds. The number of rotatable bonds is 7. The van der Waals surface area contributed by atoms with Gasteiger partial charge in [-0.1, -0.05) is 18.2 Å². The van der Waals surface area contributed by atoms with E-state index in [0.717, 1.165) is 12.1 Å². The van der Waals surface area contributed by atoms with Crippen molar-refractivity contribution in [1.82, 2.24) is 18.8 Å². The predicted octanol–water partition coefficient (Wildman–Crippen LogP) is 4.36. The smallest absolute Gasteiger partial charge is 0.339 e. The largest absolute Gasteiger partial charge is 0.417 e. The number of aryl methyl sites for hydroxylation is 1. The van der Waals surface area contributed by atoms with E-state index in [9.17, 15) is 35.2 Å². The van der Waals surface area contributed by atoms with Gasteiger partial charge >= 0.3 is 6.18 Å². The van der Waals surface area contributed by atoms with Crippen LogP contribution in [0, 0.1) is 0 Å². The number of halogens is 5. The number of Topliss-reactive ketones (excluding diaryl/α,β-unsaturated/α-hetero) is 1. The van der Waals surface area contributed by atoms with Gasteiger partial charge in [0.1, 0.15) is 0 Å². The molecule has 2 fully saturated rings. The van der Waals surface area contributed by atoms with Gasteiger partial charge in [0.15, 0.2) is 10.8 Å². The molecule has 0 radical (unpaired) electrons. The van der Waals surface area contributed by atoms with Gasteiger partial charge in [-0.25, -0.2) is 22.2 Å². The Kier molecular flexibility index (Phi) is 7.52. The van der Waals surface area contributed by atoms with E-state index in [1.807, 2.05) is 4.90 Å². The molecule has 1 aliphatic carbocycles. The molecule has 0 bridgehead atoms. The number of hydrogen-bond acceptors (Lipinski definition) is 5. The van der Waals surface area contributed by atoms with Gasteiger partial charge in [0.2, 0.25) is 5.92 Å². The van der Waals surface area contributed by atoms with Crippen LogP contribution in [0.15, 0.2) is 41.8 Å². The summed E-state index contributed by atoms with van der Waals surface area (Å²) in [7, 11) is -2.17. The van der Waals surface area contributed by atoms with Crippen LogP contribution in [0.2, 0.25) is 0 Å². The number of ketones is 1. The Hall–Kier alpha value is -2.38. The van der Waals surface area contributed by atoms with Crippen LogP contribution in [0.4, 0.5) is 22.0 Å². The minimum Gasteiger partial charge on any atom is -0.339 e. The molecule has 37 heavy (non-hydrogen) atoms. The normalized spacial score (nSPS) is 21.1. The molecule has 2 aromatic rings. The standard InChI is InChI=1S/C24H29F5N4O3S/c1-31-16-21(30-17-31)37(35,36)33-14-12-32(13-15-33)22(8-10-23(25,26)11-9-22)7-6-20(34)18-4-2-3-5-19(18)24(27,28)29/h2-5,16-17H,6-15H2,1H3. The van der Waals surface area contributed by atoms with Gasteiger partial charge in [0, 0.05) is 69.8 Å². The number of alkyl halides is 5. The topological polar surface area (TPSA) is 75.5 Å². The minimum absolute atomic E-state index is 0.0706. The number of benzene rings is 1. The Bertz CT molecular complexity index is 1230. The van der Waals surface area contributed by atoms with Crippen LogP contribution < -0.4 is 0 Å². The number of piperazine rings is 1. The number of imidazole rings is 1. The van der Waals surface area contributed by atoms with Gasteiger partial charge in [-0.15, -0.1) is 0 Å². The van der Waals surface area contributed by atoms with Crippen LogP contribution in [-0.4, -0.2) is 70.6 Å². The Morgan fingerprint density at radius 3 is 2.22 bits per heavy atom. The van der Waals surface area contributed by atoms with Gasteiger partial charge < -0.3 is 4.57 Å². The summed E-state index contributed by atoms with van der Waals surface area (Å²) in [6.07, 6.45) is -2.68. The Labute approximate surface area is 212 Å². The molecule has 4 rings (SSSR count). The molecule has 204 valence electrons. The van der Waals surface area contributed by atoms with Crippen molar-refractivity contribution in [2.24, 2.45) is 7.05 Å². The summed E-state index contributed by atoms with van der Waals surface area (Å²) >= 11 is 0. The lowest BCUT2D eigenvalue weighted by Gasteiger charge is -2.50. The van der Waals surface area contributed by atoms with Crippen molar-refractivity contribution in [3.63, 3.8) is 0 Å². The van der Waals surface area contributed by atoms with E-state index in [0.29, 0.717) is 0 Å². The van der Waals surface area contributed by atoms with Crippen LogP contribution in [0.25, 0.3) is 0 Å². The van der Waals surface area contributed by atoms with E-state index in [-0.39, 0.29) is 56.9 Å². The summed E-state index contributed by atoms with van der Waals surface area (Å²) in [6, 6.07) is 4.56. The highest BCUT2D eigenvalue weighted by atomic mass is 32.2. The first-order chi connectivity index (χ1) is 17.2. The zero-order valence-electron chi connectivity index (χ0n) is 20.3. The zero-order chi connectivity index (χ0) is 27.1. The molecule has 13 heteroatoms. The van der Waals surface area contributed by atoms with Gasteiger partial charge in [0.05, 0.1) is 11.9 Å². The molecular formula is C24H29F5N4O3S. The quantitative estimate of drug-likeness (QED) is 0.380. The molecule has 0 atom stereocenters. The van der Waals surface area contributed by atoms with E-state index in [1.54, 1.807) is 7.05 Å². The minimum atomic E-state index is -4.69. The third kappa shape index (κ3) is 5.88. The van der Waals surface area contributed by atoms with E-state index < -0.39 is 57.4 Å². The second-order valence-electron chi connectivity index (χ2n) is 9.82. The molecule has 2 heterocycles. The summed E-state index contributed by atoms with van der Waals surface area (Å²) in [5.74, 6) is -3.54. The van der Waals surface area contributed by atoms with Crippen LogP contribution in [0.5, 0.6) is 0 Å². The zero-order valence-corrected chi connectivity index (χ0v) is 21.2. The number of carbonyl (C=O) groups is 1. The highest BCUT2D eigenvalue weighted by Crippen LogP contribution is 2.45. The van der Waals surface area contributed by atoms with E-state index in [1.165, 1.54) is 33.5 Å². The first kappa shape index (κ1) is 27.6. The Morgan fingerprint density at radius 2 is 1.65 bits per heavy atom. The lowest BCUT2D eigenvalue weighted by molar-refractivity contribution is -0.137. The van der Waals surface area contributed by atoms with Crippen molar-refractivity contribution in [3.8, 4) is 0 Å². The fourth-order valence-electron chi connectivity index (χ4n) is 5.32. The molecule has 1 saturated heterocycles. The van der Waals surface area contributed by atoms with Crippen molar-refractivity contribution in [1.29, 1.82) is 0 Å². The first-order valence-electron chi connectivity index (χ1n) is 12.0. The molecule has 7 nitrogen and oxygen atoms in total. The van der Waals surface area contributed by atoms with Crippen LogP contribution in [0.3, 0.4) is 0 Å². The molecule has 1 aliphatic heterocycles. The SMILES string of the molecule is Cn1cnc(S(=O)(=O)N2CCN(C3(CCC(=O)c4ccccc4C(F)(F)F)CCC(F)(F)CC3)CC2)c1. The summed E-state index contributed by atoms with van der Waals surface area (Å²) in [5, 5.41) is -0.0793. The highest BCUT2D eigenvalue weighted by Gasteiger charge is 2.48. The monoisotopic (exact) mass is 548 g/mol. The van der Waals surface area contributed by atoms with Crippen molar-refractivity contribution in [2.45, 2.75) is 61.2 Å². The van der Waals surface area contributed by atoms with Gasteiger partial charge in [-0.3, -0.25) is 9.69 Å².